The number of anilines is 2. The summed E-state index contributed by atoms with van der Waals surface area (Å²) in [4.78, 5) is 12.1. The maximum absolute atomic E-state index is 13.2. The average molecular weight is 290 g/mol. The molecule has 0 saturated heterocycles. The number of hydrogen-bond acceptors (Lipinski definition) is 4. The van der Waals surface area contributed by atoms with Crippen LogP contribution in [-0.2, 0) is 0 Å². The molecule has 1 amide bonds. The lowest BCUT2D eigenvalue weighted by molar-refractivity contribution is 0.102. The number of carbonyl (C=O) groups excluding carboxylic acids is 1. The SMILES string of the molecule is COc1ccc(NC(=O)c2cc(F)ccc2N)cc1OC. The summed E-state index contributed by atoms with van der Waals surface area (Å²) in [6.07, 6.45) is 0. The summed E-state index contributed by atoms with van der Waals surface area (Å²) in [6.45, 7) is 0. The molecule has 110 valence electrons. The Morgan fingerprint density at radius 2 is 1.81 bits per heavy atom. The zero-order valence-corrected chi connectivity index (χ0v) is 11.6. The van der Waals surface area contributed by atoms with Crippen molar-refractivity contribution >= 4 is 17.3 Å². The number of nitrogens with two attached hydrogens (primary N) is 1. The summed E-state index contributed by atoms with van der Waals surface area (Å²) in [6, 6.07) is 8.54. The number of halogens is 1. The molecule has 0 aromatic heterocycles. The Kier molecular flexibility index (Phi) is 4.27. The third kappa shape index (κ3) is 3.22. The molecule has 0 bridgehead atoms. The van der Waals surface area contributed by atoms with Crippen LogP contribution in [0.3, 0.4) is 0 Å². The topological polar surface area (TPSA) is 73.6 Å². The molecule has 3 N–H and O–H groups in total. The Balaban J connectivity index is 2.25. The zero-order valence-electron chi connectivity index (χ0n) is 11.6. The second-order valence-corrected chi connectivity index (χ2v) is 4.26. The summed E-state index contributed by atoms with van der Waals surface area (Å²) in [5.74, 6) is -0.0100. The molecule has 0 atom stereocenters. The highest BCUT2D eigenvalue weighted by molar-refractivity contribution is 6.07. The van der Waals surface area contributed by atoms with E-state index in [1.54, 1.807) is 18.2 Å². The number of amides is 1. The van der Waals surface area contributed by atoms with Crippen LogP contribution in [0.4, 0.5) is 15.8 Å². The molecule has 0 aliphatic rings. The van der Waals surface area contributed by atoms with Gasteiger partial charge in [-0.1, -0.05) is 0 Å². The van der Waals surface area contributed by atoms with Crippen LogP contribution in [0.2, 0.25) is 0 Å². The Morgan fingerprint density at radius 3 is 2.48 bits per heavy atom. The molecule has 0 saturated carbocycles. The lowest BCUT2D eigenvalue weighted by atomic mass is 10.1. The monoisotopic (exact) mass is 290 g/mol. The predicted octanol–water partition coefficient (Wildman–Crippen LogP) is 2.68. The van der Waals surface area contributed by atoms with Crippen molar-refractivity contribution in [1.82, 2.24) is 0 Å². The lowest BCUT2D eigenvalue weighted by Crippen LogP contribution is -2.14. The minimum Gasteiger partial charge on any atom is -0.493 e. The number of methoxy groups -OCH3 is 2. The fourth-order valence-corrected chi connectivity index (χ4v) is 1.84. The van der Waals surface area contributed by atoms with Crippen LogP contribution in [0.25, 0.3) is 0 Å². The molecule has 0 heterocycles. The fraction of sp³-hybridized carbons (Fsp3) is 0.133. The number of nitrogen functional groups attached to an aromatic ring is 1. The first kappa shape index (κ1) is 14.6. The summed E-state index contributed by atoms with van der Waals surface area (Å²) >= 11 is 0. The second kappa shape index (κ2) is 6.13. The van der Waals surface area contributed by atoms with Gasteiger partial charge in [-0.2, -0.15) is 0 Å². The maximum atomic E-state index is 13.2. The Morgan fingerprint density at radius 1 is 1.10 bits per heavy atom. The van der Waals surface area contributed by atoms with Crippen molar-refractivity contribution in [3.63, 3.8) is 0 Å². The van der Waals surface area contributed by atoms with Gasteiger partial charge in [0, 0.05) is 17.4 Å². The van der Waals surface area contributed by atoms with Gasteiger partial charge in [0.15, 0.2) is 11.5 Å². The number of nitrogens with one attached hydrogen (secondary N) is 1. The van der Waals surface area contributed by atoms with E-state index >= 15 is 0 Å². The molecule has 21 heavy (non-hydrogen) atoms. The van der Waals surface area contributed by atoms with Gasteiger partial charge in [0.2, 0.25) is 0 Å². The number of benzene rings is 2. The molecule has 0 aliphatic heterocycles. The van der Waals surface area contributed by atoms with E-state index in [1.165, 1.54) is 26.4 Å². The summed E-state index contributed by atoms with van der Waals surface area (Å²) in [5, 5.41) is 2.63. The van der Waals surface area contributed by atoms with Crippen molar-refractivity contribution < 1.29 is 18.7 Å². The van der Waals surface area contributed by atoms with Crippen molar-refractivity contribution in [3.05, 3.63) is 47.8 Å². The number of hydrogen-bond donors (Lipinski definition) is 2. The van der Waals surface area contributed by atoms with E-state index in [1.807, 2.05) is 0 Å². The van der Waals surface area contributed by atoms with E-state index in [0.29, 0.717) is 17.2 Å². The van der Waals surface area contributed by atoms with Crippen molar-refractivity contribution in [1.29, 1.82) is 0 Å². The Labute approximate surface area is 121 Å². The van der Waals surface area contributed by atoms with Crippen molar-refractivity contribution in [2.24, 2.45) is 0 Å². The predicted molar refractivity (Wildman–Crippen MR) is 78.3 cm³/mol. The molecule has 0 radical (unpaired) electrons. The standard InChI is InChI=1S/C15H15FN2O3/c1-20-13-6-4-10(8-14(13)21-2)18-15(19)11-7-9(16)3-5-12(11)17/h3-8H,17H2,1-2H3,(H,18,19). The molecule has 2 aromatic rings. The first-order valence-electron chi connectivity index (χ1n) is 6.13. The minimum absolute atomic E-state index is 0.0739. The molecule has 0 unspecified atom stereocenters. The van der Waals surface area contributed by atoms with Crippen LogP contribution >= 0.6 is 0 Å². The van der Waals surface area contributed by atoms with Crippen LogP contribution in [0.5, 0.6) is 11.5 Å². The molecule has 0 spiro atoms. The van der Waals surface area contributed by atoms with Crippen LogP contribution < -0.4 is 20.5 Å². The van der Waals surface area contributed by atoms with E-state index < -0.39 is 11.7 Å². The van der Waals surface area contributed by atoms with Crippen LogP contribution in [0.1, 0.15) is 10.4 Å². The highest BCUT2D eigenvalue weighted by Crippen LogP contribution is 2.30. The third-order valence-corrected chi connectivity index (χ3v) is 2.90. The number of rotatable bonds is 4. The molecule has 0 aliphatic carbocycles. The van der Waals surface area contributed by atoms with Crippen molar-refractivity contribution in [3.8, 4) is 11.5 Å². The first-order valence-corrected chi connectivity index (χ1v) is 6.13. The Hall–Kier alpha value is -2.76. The quantitative estimate of drug-likeness (QED) is 0.849. The van der Waals surface area contributed by atoms with Gasteiger partial charge >= 0.3 is 0 Å². The van der Waals surface area contributed by atoms with E-state index in [4.69, 9.17) is 15.2 Å². The number of ether oxygens (including phenoxy) is 2. The van der Waals surface area contributed by atoms with Gasteiger partial charge in [-0.3, -0.25) is 4.79 Å². The fourth-order valence-electron chi connectivity index (χ4n) is 1.84. The molecule has 5 nitrogen and oxygen atoms in total. The number of carbonyl (C=O) groups is 1. The highest BCUT2D eigenvalue weighted by Gasteiger charge is 2.12. The Bertz CT molecular complexity index is 674. The maximum Gasteiger partial charge on any atom is 0.257 e. The van der Waals surface area contributed by atoms with Gasteiger partial charge in [-0.15, -0.1) is 0 Å². The average Bonchev–Trinajstić information content (AvgIpc) is 2.49. The van der Waals surface area contributed by atoms with E-state index in [-0.39, 0.29) is 11.3 Å². The normalized spacial score (nSPS) is 10.0. The van der Waals surface area contributed by atoms with Crippen LogP contribution in [0.15, 0.2) is 36.4 Å². The molecular formula is C15H15FN2O3. The molecule has 2 rings (SSSR count). The van der Waals surface area contributed by atoms with E-state index in [9.17, 15) is 9.18 Å². The van der Waals surface area contributed by atoms with Gasteiger partial charge in [-0.25, -0.2) is 4.39 Å². The third-order valence-electron chi connectivity index (χ3n) is 2.90. The van der Waals surface area contributed by atoms with Crippen LogP contribution in [0, 0.1) is 5.82 Å². The van der Waals surface area contributed by atoms with Gasteiger partial charge in [0.25, 0.3) is 5.91 Å². The highest BCUT2D eigenvalue weighted by atomic mass is 19.1. The van der Waals surface area contributed by atoms with Gasteiger partial charge in [0.05, 0.1) is 19.8 Å². The van der Waals surface area contributed by atoms with Crippen molar-refractivity contribution in [2.45, 2.75) is 0 Å². The van der Waals surface area contributed by atoms with Gasteiger partial charge < -0.3 is 20.5 Å². The zero-order chi connectivity index (χ0) is 15.4. The largest absolute Gasteiger partial charge is 0.493 e. The molecule has 0 fully saturated rings. The van der Waals surface area contributed by atoms with E-state index in [0.717, 1.165) is 6.07 Å². The summed E-state index contributed by atoms with van der Waals surface area (Å²) < 4.78 is 23.4. The summed E-state index contributed by atoms with van der Waals surface area (Å²) in [7, 11) is 3.01. The summed E-state index contributed by atoms with van der Waals surface area (Å²) in [5.41, 5.74) is 6.44. The molecular weight excluding hydrogens is 275 g/mol. The smallest absolute Gasteiger partial charge is 0.257 e. The van der Waals surface area contributed by atoms with E-state index in [2.05, 4.69) is 5.32 Å². The molecule has 6 heteroatoms. The molecule has 2 aromatic carbocycles. The minimum atomic E-state index is -0.526. The second-order valence-electron chi connectivity index (χ2n) is 4.26. The van der Waals surface area contributed by atoms with Gasteiger partial charge in [-0.05, 0) is 30.3 Å². The van der Waals surface area contributed by atoms with Gasteiger partial charge in [0.1, 0.15) is 5.82 Å². The van der Waals surface area contributed by atoms with Crippen molar-refractivity contribution in [2.75, 3.05) is 25.3 Å². The van der Waals surface area contributed by atoms with Crippen LogP contribution in [-0.4, -0.2) is 20.1 Å². The first-order chi connectivity index (χ1) is 10.0. The lowest BCUT2D eigenvalue weighted by Gasteiger charge is -2.11.